The van der Waals surface area contributed by atoms with Gasteiger partial charge in [-0.1, -0.05) is 17.7 Å². The topological polar surface area (TPSA) is 70.7 Å². The van der Waals surface area contributed by atoms with E-state index in [-0.39, 0.29) is 5.91 Å². The molecule has 1 heterocycles. The average Bonchev–Trinajstić information content (AvgIpc) is 2.67. The van der Waals surface area contributed by atoms with Crippen molar-refractivity contribution >= 4 is 40.6 Å². The second-order valence-electron chi connectivity index (χ2n) is 5.32. The van der Waals surface area contributed by atoms with Gasteiger partial charge in [0, 0.05) is 23.4 Å². The van der Waals surface area contributed by atoms with Crippen LogP contribution in [0, 0.1) is 0 Å². The van der Waals surface area contributed by atoms with Crippen molar-refractivity contribution in [1.29, 1.82) is 0 Å². The summed E-state index contributed by atoms with van der Waals surface area (Å²) in [5, 5.41) is 5.96. The quantitative estimate of drug-likeness (QED) is 0.871. The maximum atomic E-state index is 12.1. The third-order valence-corrected chi connectivity index (χ3v) is 3.84. The molecule has 0 bridgehead atoms. The van der Waals surface area contributed by atoms with Crippen LogP contribution in [-0.4, -0.2) is 25.6 Å². The van der Waals surface area contributed by atoms with E-state index in [1.165, 1.54) is 4.90 Å². The number of carbonyl (C=O) groups excluding carboxylic acids is 2. The number of halogens is 1. The summed E-state index contributed by atoms with van der Waals surface area (Å²) < 4.78 is 5.55. The first-order valence-corrected chi connectivity index (χ1v) is 7.78. The van der Waals surface area contributed by atoms with Gasteiger partial charge in [0.2, 0.25) is 5.91 Å². The number of benzene rings is 2. The molecule has 0 radical (unpaired) electrons. The number of hydrogen-bond acceptors (Lipinski definition) is 3. The van der Waals surface area contributed by atoms with Crippen molar-refractivity contribution in [3.8, 4) is 5.75 Å². The van der Waals surface area contributed by atoms with E-state index in [2.05, 4.69) is 10.6 Å². The Kier molecular flexibility index (Phi) is 4.57. The number of rotatable bonds is 2. The highest BCUT2D eigenvalue weighted by molar-refractivity contribution is 6.30. The van der Waals surface area contributed by atoms with Crippen LogP contribution in [0.1, 0.15) is 6.42 Å². The Bertz CT molecular complexity index is 794. The number of ether oxygens (including phenoxy) is 1. The van der Waals surface area contributed by atoms with E-state index in [9.17, 15) is 9.59 Å². The number of hydrogen-bond donors (Lipinski definition) is 2. The van der Waals surface area contributed by atoms with E-state index in [0.29, 0.717) is 40.9 Å². The molecule has 0 fully saturated rings. The third-order valence-electron chi connectivity index (χ3n) is 3.61. The lowest BCUT2D eigenvalue weighted by Crippen LogP contribution is -2.25. The van der Waals surface area contributed by atoms with Crippen LogP contribution >= 0.6 is 11.6 Å². The van der Waals surface area contributed by atoms with Crippen molar-refractivity contribution in [3.05, 3.63) is 47.5 Å². The van der Waals surface area contributed by atoms with E-state index in [4.69, 9.17) is 16.3 Å². The number of nitrogens with zero attached hydrogens (tertiary/aromatic N) is 1. The fourth-order valence-corrected chi connectivity index (χ4v) is 2.58. The van der Waals surface area contributed by atoms with Gasteiger partial charge in [0.1, 0.15) is 5.75 Å². The maximum absolute atomic E-state index is 12.1. The van der Waals surface area contributed by atoms with Crippen molar-refractivity contribution in [3.63, 3.8) is 0 Å². The maximum Gasteiger partial charge on any atom is 0.323 e. The van der Waals surface area contributed by atoms with Crippen LogP contribution < -0.4 is 20.3 Å². The van der Waals surface area contributed by atoms with Crippen LogP contribution in [0.3, 0.4) is 0 Å². The van der Waals surface area contributed by atoms with Gasteiger partial charge in [0.15, 0.2) is 0 Å². The molecule has 3 amide bonds. The Labute approximate surface area is 144 Å². The van der Waals surface area contributed by atoms with Crippen molar-refractivity contribution in [2.24, 2.45) is 0 Å². The van der Waals surface area contributed by atoms with Crippen molar-refractivity contribution in [1.82, 2.24) is 0 Å². The molecule has 2 aromatic rings. The number of anilines is 3. The molecular weight excluding hydrogens is 330 g/mol. The first-order chi connectivity index (χ1) is 11.5. The molecular formula is C17H16ClN3O3. The summed E-state index contributed by atoms with van der Waals surface area (Å²) >= 11 is 5.89. The van der Waals surface area contributed by atoms with Crippen molar-refractivity contribution < 1.29 is 14.3 Å². The standard InChI is InChI=1S/C17H16ClN3O3/c1-21-14-10-13(5-6-15(14)24-8-7-16(21)22)20-17(23)19-12-4-2-3-11(18)9-12/h2-6,9-10H,7-8H2,1H3,(H2,19,20,23). The van der Waals surface area contributed by atoms with Crippen LogP contribution in [0.15, 0.2) is 42.5 Å². The first-order valence-electron chi connectivity index (χ1n) is 7.40. The largest absolute Gasteiger partial charge is 0.491 e. The Morgan fingerprint density at radius 1 is 1.17 bits per heavy atom. The molecule has 24 heavy (non-hydrogen) atoms. The molecule has 2 N–H and O–H groups in total. The average molecular weight is 346 g/mol. The number of urea groups is 1. The van der Waals surface area contributed by atoms with Gasteiger partial charge < -0.3 is 20.3 Å². The van der Waals surface area contributed by atoms with Crippen LogP contribution in [-0.2, 0) is 4.79 Å². The molecule has 124 valence electrons. The fourth-order valence-electron chi connectivity index (χ4n) is 2.39. The summed E-state index contributed by atoms with van der Waals surface area (Å²) in [6, 6.07) is 11.6. The minimum atomic E-state index is -0.402. The highest BCUT2D eigenvalue weighted by Gasteiger charge is 2.20. The Morgan fingerprint density at radius 2 is 1.92 bits per heavy atom. The molecule has 1 aliphatic rings. The summed E-state index contributed by atoms with van der Waals surface area (Å²) in [5.74, 6) is 0.582. The zero-order valence-electron chi connectivity index (χ0n) is 13.0. The van der Waals surface area contributed by atoms with Crippen molar-refractivity contribution in [2.75, 3.05) is 29.2 Å². The number of carbonyl (C=O) groups is 2. The molecule has 0 saturated carbocycles. The van der Waals surface area contributed by atoms with Crippen LogP contribution in [0.5, 0.6) is 5.75 Å². The van der Waals surface area contributed by atoms with Gasteiger partial charge in [-0.25, -0.2) is 4.79 Å². The molecule has 3 rings (SSSR count). The lowest BCUT2D eigenvalue weighted by molar-refractivity contribution is -0.118. The normalized spacial score (nSPS) is 13.6. The number of fused-ring (bicyclic) bond motifs is 1. The van der Waals surface area contributed by atoms with Gasteiger partial charge in [-0.2, -0.15) is 0 Å². The summed E-state index contributed by atoms with van der Waals surface area (Å²) in [6.45, 7) is 0.345. The summed E-state index contributed by atoms with van der Waals surface area (Å²) in [6.07, 6.45) is 0.323. The molecule has 0 atom stereocenters. The van der Waals surface area contributed by atoms with E-state index in [1.54, 1.807) is 49.5 Å². The number of nitrogens with one attached hydrogen (secondary N) is 2. The Balaban J connectivity index is 1.75. The van der Waals surface area contributed by atoms with Crippen LogP contribution in [0.4, 0.5) is 21.9 Å². The van der Waals surface area contributed by atoms with Crippen LogP contribution in [0.2, 0.25) is 5.02 Å². The second kappa shape index (κ2) is 6.80. The molecule has 0 spiro atoms. The van der Waals surface area contributed by atoms with Gasteiger partial charge in [0.05, 0.1) is 18.7 Å². The van der Waals surface area contributed by atoms with Gasteiger partial charge >= 0.3 is 6.03 Å². The van der Waals surface area contributed by atoms with E-state index in [1.807, 2.05) is 0 Å². The van der Waals surface area contributed by atoms with Crippen molar-refractivity contribution in [2.45, 2.75) is 6.42 Å². The molecule has 1 aliphatic heterocycles. The molecule has 2 aromatic carbocycles. The van der Waals surface area contributed by atoms with E-state index < -0.39 is 6.03 Å². The van der Waals surface area contributed by atoms with E-state index >= 15 is 0 Å². The minimum Gasteiger partial charge on any atom is -0.491 e. The van der Waals surface area contributed by atoms with Gasteiger partial charge in [-0.05, 0) is 36.4 Å². The highest BCUT2D eigenvalue weighted by atomic mass is 35.5. The monoisotopic (exact) mass is 345 g/mol. The fraction of sp³-hybridized carbons (Fsp3) is 0.176. The lowest BCUT2D eigenvalue weighted by atomic mass is 10.2. The van der Waals surface area contributed by atoms with Gasteiger partial charge in [-0.15, -0.1) is 0 Å². The first kappa shape index (κ1) is 16.1. The SMILES string of the molecule is CN1C(=O)CCOc2ccc(NC(=O)Nc3cccc(Cl)c3)cc21. The summed E-state index contributed by atoms with van der Waals surface area (Å²) in [4.78, 5) is 25.5. The third kappa shape index (κ3) is 3.60. The summed E-state index contributed by atoms with van der Waals surface area (Å²) in [7, 11) is 1.69. The Morgan fingerprint density at radius 3 is 2.67 bits per heavy atom. The molecule has 0 unspecified atom stereocenters. The zero-order valence-corrected chi connectivity index (χ0v) is 13.8. The second-order valence-corrected chi connectivity index (χ2v) is 5.76. The predicted octanol–water partition coefficient (Wildman–Crippen LogP) is 3.73. The highest BCUT2D eigenvalue weighted by Crippen LogP contribution is 2.33. The predicted molar refractivity (Wildman–Crippen MR) is 94.1 cm³/mol. The minimum absolute atomic E-state index is 0.0331. The summed E-state index contributed by atoms with van der Waals surface area (Å²) in [5.41, 5.74) is 1.77. The molecule has 0 saturated heterocycles. The smallest absolute Gasteiger partial charge is 0.323 e. The number of amides is 3. The van der Waals surface area contributed by atoms with Crippen LogP contribution in [0.25, 0.3) is 0 Å². The van der Waals surface area contributed by atoms with E-state index in [0.717, 1.165) is 0 Å². The molecule has 0 aromatic heterocycles. The Hall–Kier alpha value is -2.73. The lowest BCUT2D eigenvalue weighted by Gasteiger charge is -2.17. The van der Waals surface area contributed by atoms with Gasteiger partial charge in [-0.3, -0.25) is 4.79 Å². The van der Waals surface area contributed by atoms with Gasteiger partial charge in [0.25, 0.3) is 0 Å². The molecule has 6 nitrogen and oxygen atoms in total. The molecule has 7 heteroatoms. The molecule has 0 aliphatic carbocycles. The zero-order chi connectivity index (χ0) is 17.1.